The summed E-state index contributed by atoms with van der Waals surface area (Å²) < 4.78 is 15.9. The summed E-state index contributed by atoms with van der Waals surface area (Å²) >= 11 is 0. The Balaban J connectivity index is 0.000000137. The molecule has 0 radical (unpaired) electrons. The van der Waals surface area contributed by atoms with Gasteiger partial charge in [0.15, 0.2) is 18.6 Å². The van der Waals surface area contributed by atoms with Crippen molar-refractivity contribution < 1.29 is 15.1 Å². The maximum absolute atomic E-state index is 9.23. The van der Waals surface area contributed by atoms with Crippen LogP contribution in [0.3, 0.4) is 0 Å². The van der Waals surface area contributed by atoms with E-state index in [-0.39, 0.29) is 0 Å². The highest BCUT2D eigenvalue weighted by molar-refractivity contribution is 5.69. The molecule has 4 aliphatic carbocycles. The van der Waals surface area contributed by atoms with Crippen molar-refractivity contribution in [2.75, 3.05) is 0 Å². The molecule has 6 atom stereocenters. The maximum Gasteiger partial charge on any atom is 0.212 e. The van der Waals surface area contributed by atoms with Gasteiger partial charge in [-0.1, -0.05) is 206 Å². The second kappa shape index (κ2) is 28.3. The van der Waals surface area contributed by atoms with Crippen LogP contribution in [0.15, 0.2) is 201 Å². The van der Waals surface area contributed by atoms with E-state index in [2.05, 4.69) is 284 Å². The number of hydrogen-bond donors (Lipinski definition) is 0. The molecule has 3 aromatic heterocycles. The van der Waals surface area contributed by atoms with E-state index in [1.807, 2.05) is 0 Å². The highest BCUT2D eigenvalue weighted by Gasteiger charge is 2.34. The summed E-state index contributed by atoms with van der Waals surface area (Å²) in [5.41, 5.74) is 23.3. The number of pyridine rings is 3. The molecule has 0 spiro atoms. The maximum atomic E-state index is 9.23. The first-order chi connectivity index (χ1) is 42.6. The van der Waals surface area contributed by atoms with Gasteiger partial charge >= 0.3 is 0 Å². The lowest BCUT2D eigenvalue weighted by molar-refractivity contribution is -0.660. The van der Waals surface area contributed by atoms with Crippen molar-refractivity contribution in [2.24, 2.45) is 56.7 Å². The highest BCUT2D eigenvalue weighted by Crippen LogP contribution is 2.48. The molecule has 0 bridgehead atoms. The highest BCUT2D eigenvalue weighted by atomic mass is 14.9. The van der Waals surface area contributed by atoms with E-state index >= 15 is 0 Å². The number of hydrogen-bond acceptors (Lipinski definition) is 0. The van der Waals surface area contributed by atoms with E-state index in [1.165, 1.54) is 172 Å². The van der Waals surface area contributed by atoms with Crippen molar-refractivity contribution in [3.63, 3.8) is 0 Å². The molecule has 13 rings (SSSR count). The molecule has 3 heteroatoms. The van der Waals surface area contributed by atoms with E-state index in [1.54, 1.807) is 5.56 Å². The number of fused-ring (bicyclic) bond motifs is 2. The third kappa shape index (κ3) is 14.5. The zero-order chi connectivity index (χ0) is 61.5. The number of rotatable bonds is 11. The Morgan fingerprint density at radius 2 is 0.690 bits per heavy atom. The van der Waals surface area contributed by atoms with Crippen LogP contribution in [0.1, 0.15) is 170 Å². The van der Waals surface area contributed by atoms with Crippen LogP contribution in [0.5, 0.6) is 0 Å². The van der Waals surface area contributed by atoms with Gasteiger partial charge in [-0.3, -0.25) is 0 Å². The van der Waals surface area contributed by atoms with E-state index in [4.69, 9.17) is 0 Å². The smallest absolute Gasteiger partial charge is 0.200 e. The Kier molecular flexibility index (Phi) is 19.5. The van der Waals surface area contributed by atoms with Gasteiger partial charge in [0.25, 0.3) is 0 Å². The van der Waals surface area contributed by atoms with E-state index in [0.29, 0.717) is 17.8 Å². The number of aryl methyl sites for hydroxylation is 6. The lowest BCUT2D eigenvalue weighted by Crippen LogP contribution is -2.30. The molecule has 0 saturated heterocycles. The Hall–Kier alpha value is -7.23. The number of nitrogens with zero attached hydrogens (tertiary/aromatic N) is 3. The molecule has 0 aliphatic heterocycles. The Labute approximate surface area is 526 Å². The lowest BCUT2D eigenvalue weighted by Gasteiger charge is -2.39. The molecule has 4 unspecified atom stereocenters. The predicted octanol–water partition coefficient (Wildman–Crippen LogP) is 21.0. The van der Waals surface area contributed by atoms with Crippen molar-refractivity contribution in [2.45, 2.75) is 156 Å². The van der Waals surface area contributed by atoms with Gasteiger partial charge in [-0.2, -0.15) is 0 Å². The SMILES string of the molecule is Cc1ccccc1-c1ccc(-c2ccc(C(C(C)C)C(C)C)cc2)c[n+]1C.Cc1ccccc1-c1ccc(-c2ccc(C3CCC4CCCC[C@H]4C3)cc2)c[n+]1C.[2H]C1(c2ccc(-c3ccc(-c4ccccc4C)[n+](C)c3)cc2)CCC2CCCC[C@H]2C1. The molecule has 3 nitrogen and oxygen atoms in total. The largest absolute Gasteiger partial charge is 0.212 e. The van der Waals surface area contributed by atoms with Crippen LogP contribution in [-0.2, 0) is 21.1 Å². The Morgan fingerprint density at radius 1 is 0.345 bits per heavy atom. The van der Waals surface area contributed by atoms with E-state index in [0.717, 1.165) is 42.4 Å². The molecule has 87 heavy (non-hydrogen) atoms. The monoisotopic (exact) mass is 1150 g/mol. The first kappa shape index (κ1) is 60.1. The van der Waals surface area contributed by atoms with Crippen LogP contribution < -0.4 is 13.7 Å². The zero-order valence-electron chi connectivity index (χ0n) is 55.4. The molecule has 4 saturated carbocycles. The predicted molar refractivity (Wildman–Crippen MR) is 366 cm³/mol. The van der Waals surface area contributed by atoms with Gasteiger partial charge in [-0.15, -0.1) is 0 Å². The molecule has 4 aliphatic rings. The lowest BCUT2D eigenvalue weighted by atomic mass is 9.66. The second-order valence-electron chi connectivity index (χ2n) is 27.5. The first-order valence-electron chi connectivity index (χ1n) is 34.1. The molecule has 0 amide bonds. The Bertz CT molecular complexity index is 3770. The zero-order valence-corrected chi connectivity index (χ0v) is 54.4. The minimum absolute atomic E-state index is 0.392. The van der Waals surface area contributed by atoms with Gasteiger partial charge in [0.2, 0.25) is 17.1 Å². The molecule has 3 heterocycles. The minimum Gasteiger partial charge on any atom is -0.200 e. The van der Waals surface area contributed by atoms with Crippen LogP contribution in [-0.4, -0.2) is 0 Å². The van der Waals surface area contributed by atoms with Crippen molar-refractivity contribution in [1.29, 1.82) is 0 Å². The number of aromatic nitrogens is 3. The van der Waals surface area contributed by atoms with Crippen molar-refractivity contribution in [3.05, 3.63) is 234 Å². The normalized spacial score (nSPS) is 21.0. The minimum atomic E-state index is -0.392. The third-order valence-corrected chi connectivity index (χ3v) is 21.0. The number of benzene rings is 6. The van der Waals surface area contributed by atoms with Gasteiger partial charge in [-0.05, 0) is 199 Å². The summed E-state index contributed by atoms with van der Waals surface area (Å²) in [6, 6.07) is 66.7. The summed E-state index contributed by atoms with van der Waals surface area (Å²) in [6.45, 7) is 15.8. The van der Waals surface area contributed by atoms with Crippen molar-refractivity contribution in [1.82, 2.24) is 0 Å². The van der Waals surface area contributed by atoms with Crippen LogP contribution >= 0.6 is 0 Å². The van der Waals surface area contributed by atoms with Crippen LogP contribution in [0.4, 0.5) is 0 Å². The van der Waals surface area contributed by atoms with Crippen molar-refractivity contribution >= 4 is 0 Å². The fourth-order valence-electron chi connectivity index (χ4n) is 16.2. The van der Waals surface area contributed by atoms with Gasteiger partial charge in [0, 0.05) is 53.0 Å². The third-order valence-electron chi connectivity index (χ3n) is 21.0. The molecule has 9 aromatic rings. The quantitative estimate of drug-likeness (QED) is 0.114. The van der Waals surface area contributed by atoms with Crippen LogP contribution in [0.25, 0.3) is 67.2 Å². The summed E-state index contributed by atoms with van der Waals surface area (Å²) in [5, 5.41) is 0. The topological polar surface area (TPSA) is 11.6 Å². The molecular weight excluding hydrogens is 1050 g/mol. The standard InChI is InChI=1S/2C29H34N.C26H32N/c2*1-21-7-3-6-10-28(21)29-18-17-27(20-30(29)2)24-13-11-23(12-14-24)26-16-15-22-8-4-5-9-25(22)19-26;1-18(2)26(19(3)4)22-13-11-21(12-14-22)23-15-16-25(27(6)17-23)24-10-8-7-9-20(24)5/h2*3,6-7,10-14,17-18,20,22,25-26H,4-5,8-9,15-16,19H2,1-2H3;7-19,26H,1-6H3/q3*+1/t2*22?,25-,26?;/m00./s1/i26D;;. The fourth-order valence-corrected chi connectivity index (χ4v) is 16.2. The average Bonchev–Trinajstić information content (AvgIpc) is 1.65. The summed E-state index contributed by atoms with van der Waals surface area (Å²) in [7, 11) is 6.41. The van der Waals surface area contributed by atoms with Crippen LogP contribution in [0, 0.1) is 56.3 Å². The summed E-state index contributed by atoms with van der Waals surface area (Å²) in [5.74, 6) is 5.98. The molecule has 448 valence electrons. The van der Waals surface area contributed by atoms with E-state index in [9.17, 15) is 1.37 Å². The fraction of sp³-hybridized carbons (Fsp3) is 0.393. The van der Waals surface area contributed by atoms with Gasteiger partial charge in [0.1, 0.15) is 21.1 Å². The second-order valence-corrected chi connectivity index (χ2v) is 27.5. The van der Waals surface area contributed by atoms with Gasteiger partial charge < -0.3 is 0 Å². The van der Waals surface area contributed by atoms with Crippen molar-refractivity contribution in [3.8, 4) is 67.2 Å². The van der Waals surface area contributed by atoms with E-state index < -0.39 is 5.89 Å². The molecule has 4 fully saturated rings. The van der Waals surface area contributed by atoms with Gasteiger partial charge in [-0.25, -0.2) is 13.7 Å². The molecule has 0 N–H and O–H groups in total. The van der Waals surface area contributed by atoms with Crippen LogP contribution in [0.2, 0.25) is 0 Å². The van der Waals surface area contributed by atoms with Gasteiger partial charge in [0.05, 0.1) is 0 Å². The average molecular weight is 1150 g/mol. The summed E-state index contributed by atoms with van der Waals surface area (Å²) in [6.07, 6.45) is 25.7. The molecule has 6 aromatic carbocycles. The first-order valence-corrected chi connectivity index (χ1v) is 33.6. The molecular formula is C84H100N3+3. The summed E-state index contributed by atoms with van der Waals surface area (Å²) in [4.78, 5) is 0. The Morgan fingerprint density at radius 3 is 1.08 bits per heavy atom.